The molecule has 2 aromatic heterocycles. The normalized spacial score (nSPS) is 19.5. The van der Waals surface area contributed by atoms with Gasteiger partial charge in [-0.1, -0.05) is 54.1 Å². The summed E-state index contributed by atoms with van der Waals surface area (Å²) in [5.41, 5.74) is 2.33. The minimum Gasteiger partial charge on any atom is -0.463 e. The highest BCUT2D eigenvalue weighted by molar-refractivity contribution is 6.34. The Labute approximate surface area is 216 Å². The number of aromatic nitrogens is 3. The van der Waals surface area contributed by atoms with Gasteiger partial charge in [-0.05, 0) is 50.2 Å². The molecule has 0 aliphatic carbocycles. The van der Waals surface area contributed by atoms with Crippen LogP contribution in [0.2, 0.25) is 5.02 Å². The average Bonchev–Trinajstić information content (AvgIpc) is 3.22. The van der Waals surface area contributed by atoms with Crippen LogP contribution < -0.4 is 15.0 Å². The molecule has 186 valence electrons. The standard InChI is InChI=1S/C28H31ClN6O/c1-34(2)13-6-14-36-28-32-26-23(27(33-28)35-16-19-11-12-20(17-35)30-19)15-24(29)25(31-26)22-10-5-8-18-7-3-4-9-21(18)22/h3-5,7-10,15,19-20,30H,6,11-14,16-17H2,1-2H3. The number of anilines is 1. The fraction of sp³-hybridized carbons (Fsp3) is 0.393. The highest BCUT2D eigenvalue weighted by atomic mass is 35.5. The molecule has 0 radical (unpaired) electrons. The van der Waals surface area contributed by atoms with Crippen molar-refractivity contribution in [3.63, 3.8) is 0 Å². The third-order valence-electron chi connectivity index (χ3n) is 7.14. The van der Waals surface area contributed by atoms with Crippen molar-refractivity contribution < 1.29 is 4.74 Å². The molecule has 2 atom stereocenters. The number of fused-ring (bicyclic) bond motifs is 4. The number of rotatable bonds is 7. The second-order valence-electron chi connectivity index (χ2n) is 10.1. The van der Waals surface area contributed by atoms with Crippen molar-refractivity contribution in [2.75, 3.05) is 45.2 Å². The van der Waals surface area contributed by atoms with E-state index in [4.69, 9.17) is 31.3 Å². The van der Waals surface area contributed by atoms with Crippen LogP contribution in [0.1, 0.15) is 19.3 Å². The number of hydrogen-bond donors (Lipinski definition) is 1. The lowest BCUT2D eigenvalue weighted by atomic mass is 10.0. The molecule has 7 nitrogen and oxygen atoms in total. The van der Waals surface area contributed by atoms with Gasteiger partial charge < -0.3 is 19.9 Å². The zero-order valence-electron chi connectivity index (χ0n) is 20.7. The molecule has 2 saturated heterocycles. The SMILES string of the molecule is CN(C)CCCOc1nc(N2CC3CCC(C2)N3)c2cc(Cl)c(-c3cccc4ccccc34)nc2n1. The zero-order chi connectivity index (χ0) is 24.6. The molecular weight excluding hydrogens is 472 g/mol. The van der Waals surface area contributed by atoms with E-state index >= 15 is 0 Å². The van der Waals surface area contributed by atoms with E-state index in [0.29, 0.717) is 35.4 Å². The van der Waals surface area contributed by atoms with Crippen LogP contribution in [-0.4, -0.2) is 72.3 Å². The van der Waals surface area contributed by atoms with E-state index in [1.165, 1.54) is 12.8 Å². The summed E-state index contributed by atoms with van der Waals surface area (Å²) in [5, 5.41) is 7.43. The number of benzene rings is 2. The molecule has 36 heavy (non-hydrogen) atoms. The Bertz CT molecular complexity index is 1390. The summed E-state index contributed by atoms with van der Waals surface area (Å²) in [7, 11) is 4.12. The molecule has 2 aliphatic rings. The molecule has 2 aliphatic heterocycles. The highest BCUT2D eigenvalue weighted by Gasteiger charge is 2.34. The van der Waals surface area contributed by atoms with Gasteiger partial charge in [0, 0.05) is 37.3 Å². The Morgan fingerprint density at radius 1 is 1.00 bits per heavy atom. The van der Waals surface area contributed by atoms with Crippen LogP contribution in [-0.2, 0) is 0 Å². The largest absolute Gasteiger partial charge is 0.463 e. The molecule has 4 aromatic rings. The van der Waals surface area contributed by atoms with Gasteiger partial charge in [-0.15, -0.1) is 0 Å². The molecule has 2 fully saturated rings. The van der Waals surface area contributed by atoms with E-state index in [0.717, 1.165) is 59.3 Å². The summed E-state index contributed by atoms with van der Waals surface area (Å²) in [5.74, 6) is 0.861. The summed E-state index contributed by atoms with van der Waals surface area (Å²) in [6.45, 7) is 3.32. The Hall–Kier alpha value is -3.00. The first kappa shape index (κ1) is 23.4. The fourth-order valence-corrected chi connectivity index (χ4v) is 5.69. The van der Waals surface area contributed by atoms with Crippen LogP contribution in [0.5, 0.6) is 6.01 Å². The second-order valence-corrected chi connectivity index (χ2v) is 10.5. The lowest BCUT2D eigenvalue weighted by molar-refractivity contribution is 0.264. The van der Waals surface area contributed by atoms with Crippen LogP contribution in [0.25, 0.3) is 33.1 Å². The minimum atomic E-state index is 0.376. The number of nitrogens with one attached hydrogen (secondary N) is 1. The van der Waals surface area contributed by atoms with E-state index in [2.05, 4.69) is 53.5 Å². The van der Waals surface area contributed by atoms with E-state index in [1.807, 2.05) is 24.3 Å². The smallest absolute Gasteiger partial charge is 0.320 e. The van der Waals surface area contributed by atoms with Crippen LogP contribution in [0.4, 0.5) is 5.82 Å². The average molecular weight is 503 g/mol. The van der Waals surface area contributed by atoms with Gasteiger partial charge in [0.1, 0.15) is 5.82 Å². The lowest BCUT2D eigenvalue weighted by Gasteiger charge is -2.34. The molecule has 0 amide bonds. The third kappa shape index (κ3) is 4.59. The monoisotopic (exact) mass is 502 g/mol. The van der Waals surface area contributed by atoms with Crippen LogP contribution in [0.3, 0.4) is 0 Å². The number of hydrogen-bond acceptors (Lipinski definition) is 7. The quantitative estimate of drug-likeness (QED) is 0.365. The van der Waals surface area contributed by atoms with Crippen LogP contribution >= 0.6 is 11.6 Å². The van der Waals surface area contributed by atoms with Gasteiger partial charge in [0.15, 0.2) is 5.65 Å². The topological polar surface area (TPSA) is 66.4 Å². The van der Waals surface area contributed by atoms with Gasteiger partial charge in [0.2, 0.25) is 0 Å². The Balaban J connectivity index is 1.44. The maximum atomic E-state index is 6.91. The van der Waals surface area contributed by atoms with Crippen molar-refractivity contribution in [3.8, 4) is 17.3 Å². The lowest BCUT2D eigenvalue weighted by Crippen LogP contribution is -2.51. The molecule has 8 heteroatoms. The molecule has 0 saturated carbocycles. The number of ether oxygens (including phenoxy) is 1. The van der Waals surface area contributed by atoms with Gasteiger partial charge in [0.05, 0.1) is 22.7 Å². The third-order valence-corrected chi connectivity index (χ3v) is 7.43. The summed E-state index contributed by atoms with van der Waals surface area (Å²) in [6.07, 6.45) is 3.29. The maximum Gasteiger partial charge on any atom is 0.320 e. The van der Waals surface area contributed by atoms with Crippen molar-refractivity contribution in [1.82, 2.24) is 25.2 Å². The molecule has 1 N–H and O–H groups in total. The van der Waals surface area contributed by atoms with Crippen molar-refractivity contribution in [3.05, 3.63) is 53.6 Å². The van der Waals surface area contributed by atoms with Gasteiger partial charge in [-0.2, -0.15) is 9.97 Å². The predicted molar refractivity (Wildman–Crippen MR) is 146 cm³/mol. The molecule has 4 heterocycles. The van der Waals surface area contributed by atoms with E-state index in [9.17, 15) is 0 Å². The Kier molecular flexibility index (Phi) is 6.37. The van der Waals surface area contributed by atoms with Crippen LogP contribution in [0, 0.1) is 0 Å². The summed E-state index contributed by atoms with van der Waals surface area (Å²) in [4.78, 5) is 19.1. The van der Waals surface area contributed by atoms with E-state index in [-0.39, 0.29) is 0 Å². The predicted octanol–water partition coefficient (Wildman–Crippen LogP) is 4.77. The van der Waals surface area contributed by atoms with Gasteiger partial charge in [-0.25, -0.2) is 4.98 Å². The molecule has 0 spiro atoms. The van der Waals surface area contributed by atoms with Crippen molar-refractivity contribution in [2.45, 2.75) is 31.3 Å². The van der Waals surface area contributed by atoms with Crippen LogP contribution in [0.15, 0.2) is 48.5 Å². The van der Waals surface area contributed by atoms with Crippen molar-refractivity contribution in [1.29, 1.82) is 0 Å². The first-order valence-corrected chi connectivity index (χ1v) is 13.1. The number of nitrogens with zero attached hydrogens (tertiary/aromatic N) is 5. The maximum absolute atomic E-state index is 6.91. The molecular formula is C28H31ClN6O. The van der Waals surface area contributed by atoms with Gasteiger partial charge in [-0.3, -0.25) is 0 Å². The summed E-state index contributed by atoms with van der Waals surface area (Å²) >= 11 is 6.91. The number of halogens is 1. The molecule has 2 unspecified atom stereocenters. The highest BCUT2D eigenvalue weighted by Crippen LogP contribution is 2.37. The Morgan fingerprint density at radius 2 is 1.78 bits per heavy atom. The summed E-state index contributed by atoms with van der Waals surface area (Å²) < 4.78 is 6.05. The van der Waals surface area contributed by atoms with E-state index in [1.54, 1.807) is 0 Å². The van der Waals surface area contributed by atoms with Crippen molar-refractivity contribution in [2.24, 2.45) is 0 Å². The van der Waals surface area contributed by atoms with Gasteiger partial charge >= 0.3 is 6.01 Å². The summed E-state index contributed by atoms with van der Waals surface area (Å²) in [6, 6.07) is 17.8. The first-order valence-electron chi connectivity index (χ1n) is 12.7. The molecule has 2 bridgehead atoms. The van der Waals surface area contributed by atoms with E-state index < -0.39 is 0 Å². The molecule has 2 aromatic carbocycles. The number of piperazine rings is 1. The first-order chi connectivity index (χ1) is 17.5. The number of pyridine rings is 1. The van der Waals surface area contributed by atoms with Crippen molar-refractivity contribution >= 4 is 39.2 Å². The minimum absolute atomic E-state index is 0.376. The second kappa shape index (κ2) is 9.81. The van der Waals surface area contributed by atoms with Gasteiger partial charge in [0.25, 0.3) is 0 Å². The Morgan fingerprint density at radius 3 is 2.58 bits per heavy atom. The fourth-order valence-electron chi connectivity index (χ4n) is 5.44. The molecule has 6 rings (SSSR count). The zero-order valence-corrected chi connectivity index (χ0v) is 21.5.